The summed E-state index contributed by atoms with van der Waals surface area (Å²) in [6.07, 6.45) is 1.70. The number of alkyl halides is 1. The Morgan fingerprint density at radius 1 is 1.43 bits per heavy atom. The van der Waals surface area contributed by atoms with Crippen LogP contribution in [0, 0.1) is 5.82 Å². The Morgan fingerprint density at radius 2 is 2.29 bits per heavy atom. The summed E-state index contributed by atoms with van der Waals surface area (Å²) >= 11 is 7.23. The van der Waals surface area contributed by atoms with Gasteiger partial charge in [0.2, 0.25) is 0 Å². The Balaban J connectivity index is 2.55. The van der Waals surface area contributed by atoms with Gasteiger partial charge in [-0.2, -0.15) is 0 Å². The lowest BCUT2D eigenvalue weighted by molar-refractivity contribution is 0.628. The normalized spacial score (nSPS) is 10.4. The van der Waals surface area contributed by atoms with Crippen molar-refractivity contribution in [3.8, 4) is 10.6 Å². The first-order valence-corrected chi connectivity index (χ1v) is 5.47. The van der Waals surface area contributed by atoms with Crippen molar-refractivity contribution in [2.75, 3.05) is 0 Å². The van der Waals surface area contributed by atoms with E-state index in [1.807, 2.05) is 5.38 Å². The number of aromatic nitrogens is 1. The second-order valence-electron chi connectivity index (χ2n) is 2.77. The van der Waals surface area contributed by atoms with E-state index in [0.717, 1.165) is 16.1 Å². The molecule has 0 fully saturated rings. The number of benzene rings is 1. The van der Waals surface area contributed by atoms with E-state index < -0.39 is 0 Å². The minimum atomic E-state index is -0.260. The van der Waals surface area contributed by atoms with Crippen LogP contribution in [0.2, 0.25) is 0 Å². The molecule has 0 saturated carbocycles. The fraction of sp³-hybridized carbons (Fsp3) is 0.100. The van der Waals surface area contributed by atoms with Crippen LogP contribution in [0.25, 0.3) is 10.6 Å². The average Bonchev–Trinajstić information content (AvgIpc) is 2.70. The van der Waals surface area contributed by atoms with Crippen LogP contribution in [0.3, 0.4) is 0 Å². The second kappa shape index (κ2) is 4.07. The molecule has 0 radical (unpaired) electrons. The number of thiazole rings is 1. The van der Waals surface area contributed by atoms with Crippen molar-refractivity contribution in [2.24, 2.45) is 0 Å². The summed E-state index contributed by atoms with van der Waals surface area (Å²) < 4.78 is 13.0. The molecule has 0 atom stereocenters. The maximum Gasteiger partial charge on any atom is 0.123 e. The number of rotatable bonds is 2. The van der Waals surface area contributed by atoms with E-state index >= 15 is 0 Å². The Hall–Kier alpha value is -0.930. The van der Waals surface area contributed by atoms with Crippen molar-refractivity contribution in [1.82, 2.24) is 4.98 Å². The first-order valence-electron chi connectivity index (χ1n) is 4.05. The molecule has 0 amide bonds. The molecule has 0 saturated heterocycles. The second-order valence-corrected chi connectivity index (χ2v) is 3.93. The van der Waals surface area contributed by atoms with Gasteiger partial charge in [-0.25, -0.2) is 9.37 Å². The minimum absolute atomic E-state index is 0.260. The standard InChI is InChI=1S/C10H7ClFNS/c11-6-7-1-2-8(12)5-9(7)10-13-3-4-14-10/h1-5H,6H2. The molecule has 0 aliphatic carbocycles. The van der Waals surface area contributed by atoms with Crippen molar-refractivity contribution < 1.29 is 4.39 Å². The summed E-state index contributed by atoms with van der Waals surface area (Å²) in [4.78, 5) is 4.13. The zero-order valence-electron chi connectivity index (χ0n) is 7.21. The van der Waals surface area contributed by atoms with Crippen LogP contribution in [-0.4, -0.2) is 4.98 Å². The fourth-order valence-electron chi connectivity index (χ4n) is 1.22. The van der Waals surface area contributed by atoms with Crippen LogP contribution >= 0.6 is 22.9 Å². The summed E-state index contributed by atoms with van der Waals surface area (Å²) in [7, 11) is 0. The summed E-state index contributed by atoms with van der Waals surface area (Å²) in [6, 6.07) is 4.57. The number of halogens is 2. The van der Waals surface area contributed by atoms with Gasteiger partial charge in [0.1, 0.15) is 10.8 Å². The van der Waals surface area contributed by atoms with Crippen molar-refractivity contribution in [3.63, 3.8) is 0 Å². The van der Waals surface area contributed by atoms with E-state index in [1.54, 1.807) is 12.3 Å². The zero-order valence-corrected chi connectivity index (χ0v) is 8.78. The van der Waals surface area contributed by atoms with E-state index in [-0.39, 0.29) is 5.82 Å². The van der Waals surface area contributed by atoms with E-state index in [4.69, 9.17) is 11.6 Å². The molecule has 1 aromatic carbocycles. The SMILES string of the molecule is Fc1ccc(CCl)c(-c2nccs2)c1. The third kappa shape index (κ3) is 1.79. The van der Waals surface area contributed by atoms with Gasteiger partial charge in [-0.05, 0) is 17.7 Å². The lowest BCUT2D eigenvalue weighted by Crippen LogP contribution is -1.87. The molecule has 0 aliphatic rings. The van der Waals surface area contributed by atoms with Gasteiger partial charge >= 0.3 is 0 Å². The van der Waals surface area contributed by atoms with Crippen LogP contribution in [0.15, 0.2) is 29.8 Å². The highest BCUT2D eigenvalue weighted by atomic mass is 35.5. The molecule has 2 aromatic rings. The van der Waals surface area contributed by atoms with E-state index in [0.29, 0.717) is 5.88 Å². The predicted octanol–water partition coefficient (Wildman–Crippen LogP) is 3.69. The van der Waals surface area contributed by atoms with E-state index in [9.17, 15) is 4.39 Å². The van der Waals surface area contributed by atoms with Crippen molar-refractivity contribution in [2.45, 2.75) is 5.88 Å². The smallest absolute Gasteiger partial charge is 0.123 e. The summed E-state index contributed by atoms with van der Waals surface area (Å²) in [5, 5.41) is 2.67. The highest BCUT2D eigenvalue weighted by Gasteiger charge is 2.07. The Bertz CT molecular complexity index is 428. The summed E-state index contributed by atoms with van der Waals surface area (Å²) in [5.41, 5.74) is 1.69. The minimum Gasteiger partial charge on any atom is -0.245 e. The highest BCUT2D eigenvalue weighted by Crippen LogP contribution is 2.27. The maximum atomic E-state index is 13.0. The van der Waals surface area contributed by atoms with Gasteiger partial charge in [0, 0.05) is 23.0 Å². The molecule has 4 heteroatoms. The molecule has 0 unspecified atom stereocenters. The molecule has 14 heavy (non-hydrogen) atoms. The van der Waals surface area contributed by atoms with Crippen molar-refractivity contribution in [3.05, 3.63) is 41.2 Å². The third-order valence-corrected chi connectivity index (χ3v) is 2.97. The van der Waals surface area contributed by atoms with E-state index in [1.165, 1.54) is 23.5 Å². The zero-order chi connectivity index (χ0) is 9.97. The maximum absolute atomic E-state index is 13.0. The van der Waals surface area contributed by atoms with Crippen molar-refractivity contribution >= 4 is 22.9 Å². The molecule has 72 valence electrons. The number of nitrogens with zero attached hydrogens (tertiary/aromatic N) is 1. The van der Waals surface area contributed by atoms with Crippen LogP contribution < -0.4 is 0 Å². The summed E-state index contributed by atoms with van der Waals surface area (Å²) in [5.74, 6) is 0.110. The van der Waals surface area contributed by atoms with Gasteiger partial charge in [-0.3, -0.25) is 0 Å². The molecule has 2 rings (SSSR count). The molecular formula is C10H7ClFNS. The number of hydrogen-bond acceptors (Lipinski definition) is 2. The van der Waals surface area contributed by atoms with Gasteiger partial charge in [-0.15, -0.1) is 22.9 Å². The Morgan fingerprint density at radius 3 is 2.93 bits per heavy atom. The van der Waals surface area contributed by atoms with Crippen LogP contribution in [0.5, 0.6) is 0 Å². The molecule has 0 N–H and O–H groups in total. The average molecular weight is 228 g/mol. The molecule has 0 bridgehead atoms. The third-order valence-electron chi connectivity index (χ3n) is 1.88. The van der Waals surface area contributed by atoms with E-state index in [2.05, 4.69) is 4.98 Å². The fourth-order valence-corrected chi connectivity index (χ4v) is 2.14. The lowest BCUT2D eigenvalue weighted by Gasteiger charge is -2.03. The lowest BCUT2D eigenvalue weighted by atomic mass is 10.1. The predicted molar refractivity (Wildman–Crippen MR) is 57.1 cm³/mol. The summed E-state index contributed by atoms with van der Waals surface area (Å²) in [6.45, 7) is 0. The first-order chi connectivity index (χ1) is 6.81. The van der Waals surface area contributed by atoms with Gasteiger partial charge in [0.15, 0.2) is 0 Å². The first kappa shape index (κ1) is 9.62. The van der Waals surface area contributed by atoms with Gasteiger partial charge in [0.05, 0.1) is 0 Å². The van der Waals surface area contributed by atoms with Crippen LogP contribution in [0.1, 0.15) is 5.56 Å². The molecule has 1 nitrogen and oxygen atoms in total. The Labute approximate surface area is 90.2 Å². The van der Waals surface area contributed by atoms with Gasteiger partial charge in [-0.1, -0.05) is 6.07 Å². The molecular weight excluding hydrogens is 221 g/mol. The molecule has 1 heterocycles. The highest BCUT2D eigenvalue weighted by molar-refractivity contribution is 7.13. The van der Waals surface area contributed by atoms with Crippen molar-refractivity contribution in [1.29, 1.82) is 0 Å². The monoisotopic (exact) mass is 227 g/mol. The largest absolute Gasteiger partial charge is 0.245 e. The quantitative estimate of drug-likeness (QED) is 0.713. The Kier molecular flexibility index (Phi) is 2.79. The topological polar surface area (TPSA) is 12.9 Å². The van der Waals surface area contributed by atoms with Gasteiger partial charge < -0.3 is 0 Å². The molecule has 1 aromatic heterocycles. The van der Waals surface area contributed by atoms with Crippen LogP contribution in [-0.2, 0) is 5.88 Å². The van der Waals surface area contributed by atoms with Gasteiger partial charge in [0.25, 0.3) is 0 Å². The number of hydrogen-bond donors (Lipinski definition) is 0. The van der Waals surface area contributed by atoms with Crippen LogP contribution in [0.4, 0.5) is 4.39 Å². The molecule has 0 aliphatic heterocycles. The molecule has 0 spiro atoms.